The highest BCUT2D eigenvalue weighted by Gasteiger charge is 2.52. The predicted octanol–water partition coefficient (Wildman–Crippen LogP) is 1.79. The largest absolute Gasteiger partial charge is 0.327 e. The SMILES string of the molecule is NC1CC12CCC(NC1CCC1)CC2. The molecule has 0 aromatic heterocycles. The van der Waals surface area contributed by atoms with Crippen molar-refractivity contribution in [1.82, 2.24) is 5.32 Å². The molecule has 80 valence electrons. The van der Waals surface area contributed by atoms with Crippen molar-refractivity contribution in [2.75, 3.05) is 0 Å². The number of hydrogen-bond acceptors (Lipinski definition) is 2. The Kier molecular flexibility index (Phi) is 2.10. The van der Waals surface area contributed by atoms with Crippen molar-refractivity contribution in [3.8, 4) is 0 Å². The van der Waals surface area contributed by atoms with Gasteiger partial charge in [-0.2, -0.15) is 0 Å². The topological polar surface area (TPSA) is 38.0 Å². The second kappa shape index (κ2) is 3.21. The lowest BCUT2D eigenvalue weighted by Gasteiger charge is -2.36. The lowest BCUT2D eigenvalue weighted by Crippen LogP contribution is -2.44. The van der Waals surface area contributed by atoms with Crippen LogP contribution in [-0.4, -0.2) is 18.1 Å². The molecule has 0 aliphatic heterocycles. The molecule has 0 bridgehead atoms. The molecule has 0 radical (unpaired) electrons. The molecular weight excluding hydrogens is 172 g/mol. The molecule has 1 atom stereocenters. The molecule has 0 amide bonds. The first kappa shape index (κ1) is 9.17. The third-order valence-electron chi connectivity index (χ3n) is 4.81. The van der Waals surface area contributed by atoms with Gasteiger partial charge in [0, 0.05) is 18.1 Å². The van der Waals surface area contributed by atoms with Crippen LogP contribution in [0.5, 0.6) is 0 Å². The smallest absolute Gasteiger partial charge is 0.0102 e. The van der Waals surface area contributed by atoms with Gasteiger partial charge >= 0.3 is 0 Å². The molecule has 3 N–H and O–H groups in total. The molecular formula is C12H22N2. The maximum absolute atomic E-state index is 6.00. The van der Waals surface area contributed by atoms with Gasteiger partial charge in [-0.15, -0.1) is 0 Å². The van der Waals surface area contributed by atoms with E-state index in [9.17, 15) is 0 Å². The van der Waals surface area contributed by atoms with Crippen LogP contribution in [-0.2, 0) is 0 Å². The Bertz CT molecular complexity index is 214. The molecule has 3 aliphatic rings. The highest BCUT2D eigenvalue weighted by molar-refractivity contribution is 5.08. The molecule has 14 heavy (non-hydrogen) atoms. The third-order valence-corrected chi connectivity index (χ3v) is 4.81. The van der Waals surface area contributed by atoms with Crippen LogP contribution in [0, 0.1) is 5.41 Å². The summed E-state index contributed by atoms with van der Waals surface area (Å²) in [6, 6.07) is 2.23. The second-order valence-corrected chi connectivity index (χ2v) is 5.74. The zero-order valence-electron chi connectivity index (χ0n) is 8.97. The van der Waals surface area contributed by atoms with Crippen molar-refractivity contribution >= 4 is 0 Å². The minimum atomic E-state index is 0.548. The van der Waals surface area contributed by atoms with E-state index in [4.69, 9.17) is 5.73 Å². The van der Waals surface area contributed by atoms with Gasteiger partial charge in [-0.05, 0) is 50.4 Å². The maximum Gasteiger partial charge on any atom is 0.0102 e. The van der Waals surface area contributed by atoms with E-state index in [0.29, 0.717) is 11.5 Å². The van der Waals surface area contributed by atoms with Crippen LogP contribution < -0.4 is 11.1 Å². The van der Waals surface area contributed by atoms with Gasteiger partial charge in [-0.1, -0.05) is 6.42 Å². The molecule has 3 saturated carbocycles. The van der Waals surface area contributed by atoms with E-state index < -0.39 is 0 Å². The summed E-state index contributed by atoms with van der Waals surface area (Å²) in [6.07, 6.45) is 11.1. The minimum Gasteiger partial charge on any atom is -0.327 e. The lowest BCUT2D eigenvalue weighted by molar-refractivity contribution is 0.222. The van der Waals surface area contributed by atoms with E-state index in [1.807, 2.05) is 0 Å². The summed E-state index contributed by atoms with van der Waals surface area (Å²) in [7, 11) is 0. The summed E-state index contributed by atoms with van der Waals surface area (Å²) < 4.78 is 0. The Balaban J connectivity index is 1.46. The predicted molar refractivity (Wildman–Crippen MR) is 58.1 cm³/mol. The highest BCUT2D eigenvalue weighted by atomic mass is 15.0. The first-order chi connectivity index (χ1) is 6.78. The van der Waals surface area contributed by atoms with Crippen molar-refractivity contribution in [1.29, 1.82) is 0 Å². The fraction of sp³-hybridized carbons (Fsp3) is 1.00. The number of hydrogen-bond donors (Lipinski definition) is 2. The normalized spacial score (nSPS) is 47.8. The fourth-order valence-electron chi connectivity index (χ4n) is 3.22. The van der Waals surface area contributed by atoms with E-state index in [2.05, 4.69) is 5.32 Å². The summed E-state index contributed by atoms with van der Waals surface area (Å²) in [6.45, 7) is 0. The van der Waals surface area contributed by atoms with Gasteiger partial charge in [-0.3, -0.25) is 0 Å². The van der Waals surface area contributed by atoms with Gasteiger partial charge in [0.15, 0.2) is 0 Å². The average molecular weight is 194 g/mol. The van der Waals surface area contributed by atoms with Gasteiger partial charge in [0.1, 0.15) is 0 Å². The van der Waals surface area contributed by atoms with Gasteiger partial charge in [0.2, 0.25) is 0 Å². The number of rotatable bonds is 2. The molecule has 0 aromatic rings. The van der Waals surface area contributed by atoms with Crippen LogP contribution in [0.1, 0.15) is 51.4 Å². The van der Waals surface area contributed by atoms with Crippen LogP contribution in [0.4, 0.5) is 0 Å². The number of nitrogens with two attached hydrogens (primary N) is 1. The minimum absolute atomic E-state index is 0.548. The summed E-state index contributed by atoms with van der Waals surface area (Å²) in [5.41, 5.74) is 6.60. The summed E-state index contributed by atoms with van der Waals surface area (Å²) in [5, 5.41) is 3.79. The standard InChI is InChI=1S/C12H22N2/c13-11-8-12(11)6-4-10(5-7-12)14-9-2-1-3-9/h9-11,14H,1-8,13H2. The molecule has 2 heteroatoms. The van der Waals surface area contributed by atoms with Crippen molar-refractivity contribution < 1.29 is 0 Å². The monoisotopic (exact) mass is 194 g/mol. The molecule has 0 aromatic carbocycles. The average Bonchev–Trinajstić information content (AvgIpc) is 2.73. The zero-order valence-corrected chi connectivity index (χ0v) is 8.97. The molecule has 3 fully saturated rings. The van der Waals surface area contributed by atoms with Crippen molar-refractivity contribution in [3.05, 3.63) is 0 Å². The molecule has 1 unspecified atom stereocenters. The Hall–Kier alpha value is -0.0800. The van der Waals surface area contributed by atoms with Crippen LogP contribution in [0.3, 0.4) is 0 Å². The maximum atomic E-state index is 6.00. The summed E-state index contributed by atoms with van der Waals surface area (Å²) >= 11 is 0. The van der Waals surface area contributed by atoms with Gasteiger partial charge in [0.05, 0.1) is 0 Å². The van der Waals surface area contributed by atoms with Gasteiger partial charge in [-0.25, -0.2) is 0 Å². The molecule has 3 aliphatic carbocycles. The summed E-state index contributed by atoms with van der Waals surface area (Å²) in [5.74, 6) is 0. The van der Waals surface area contributed by atoms with E-state index in [1.165, 1.54) is 51.4 Å². The highest BCUT2D eigenvalue weighted by Crippen LogP contribution is 2.55. The van der Waals surface area contributed by atoms with E-state index >= 15 is 0 Å². The summed E-state index contributed by atoms with van der Waals surface area (Å²) in [4.78, 5) is 0. The van der Waals surface area contributed by atoms with Crippen LogP contribution in [0.25, 0.3) is 0 Å². The van der Waals surface area contributed by atoms with Crippen LogP contribution >= 0.6 is 0 Å². The van der Waals surface area contributed by atoms with Gasteiger partial charge in [0.25, 0.3) is 0 Å². The van der Waals surface area contributed by atoms with Crippen molar-refractivity contribution in [2.24, 2.45) is 11.1 Å². The molecule has 2 nitrogen and oxygen atoms in total. The van der Waals surface area contributed by atoms with Crippen LogP contribution in [0.15, 0.2) is 0 Å². The second-order valence-electron chi connectivity index (χ2n) is 5.74. The lowest BCUT2D eigenvalue weighted by atomic mass is 9.81. The Labute approximate surface area is 86.6 Å². The third kappa shape index (κ3) is 1.49. The van der Waals surface area contributed by atoms with Crippen molar-refractivity contribution in [3.63, 3.8) is 0 Å². The Morgan fingerprint density at radius 2 is 1.57 bits per heavy atom. The van der Waals surface area contributed by atoms with Gasteiger partial charge < -0.3 is 11.1 Å². The van der Waals surface area contributed by atoms with Crippen LogP contribution in [0.2, 0.25) is 0 Å². The quantitative estimate of drug-likeness (QED) is 0.703. The van der Waals surface area contributed by atoms with E-state index in [1.54, 1.807) is 0 Å². The molecule has 1 spiro atoms. The fourth-order valence-corrected chi connectivity index (χ4v) is 3.22. The van der Waals surface area contributed by atoms with Crippen molar-refractivity contribution in [2.45, 2.75) is 69.5 Å². The van der Waals surface area contributed by atoms with E-state index in [0.717, 1.165) is 12.1 Å². The number of nitrogens with one attached hydrogen (secondary N) is 1. The Morgan fingerprint density at radius 3 is 2.00 bits per heavy atom. The molecule has 0 saturated heterocycles. The van der Waals surface area contributed by atoms with E-state index in [-0.39, 0.29) is 0 Å². The first-order valence-corrected chi connectivity index (χ1v) is 6.30. The molecule has 0 heterocycles. The zero-order chi connectivity index (χ0) is 9.60. The first-order valence-electron chi connectivity index (χ1n) is 6.30. The molecule has 3 rings (SSSR count). The Morgan fingerprint density at radius 1 is 1.00 bits per heavy atom.